The maximum atomic E-state index is 11.8. The van der Waals surface area contributed by atoms with E-state index in [1.807, 2.05) is 6.07 Å². The zero-order valence-corrected chi connectivity index (χ0v) is 10.0. The number of nitrogen functional groups attached to an aromatic ring is 1. The quantitative estimate of drug-likeness (QED) is 0.644. The molecule has 4 nitrogen and oxygen atoms in total. The predicted molar refractivity (Wildman–Crippen MR) is 67.0 cm³/mol. The second-order valence-corrected chi connectivity index (χ2v) is 4.33. The van der Waals surface area contributed by atoms with Crippen molar-refractivity contribution >= 4 is 34.8 Å². The molecule has 1 aromatic carbocycles. The number of alkyl halides is 1. The molecule has 1 aliphatic heterocycles. The number of nitrogens with two attached hydrogens (primary N) is 1. The summed E-state index contributed by atoms with van der Waals surface area (Å²) in [4.78, 5) is 24.9. The Morgan fingerprint density at radius 1 is 1.41 bits per heavy atom. The van der Waals surface area contributed by atoms with Crippen molar-refractivity contribution in [1.82, 2.24) is 0 Å². The summed E-state index contributed by atoms with van der Waals surface area (Å²) in [7, 11) is 0. The molecule has 0 bridgehead atoms. The highest BCUT2D eigenvalue weighted by Crippen LogP contribution is 2.30. The van der Waals surface area contributed by atoms with Gasteiger partial charge in [0.05, 0.1) is 5.69 Å². The third kappa shape index (κ3) is 2.26. The van der Waals surface area contributed by atoms with Crippen LogP contribution in [0.25, 0.3) is 0 Å². The highest BCUT2D eigenvalue weighted by atomic mass is 35.5. The van der Waals surface area contributed by atoms with Gasteiger partial charge >= 0.3 is 0 Å². The summed E-state index contributed by atoms with van der Waals surface area (Å²) >= 11 is 5.54. The Morgan fingerprint density at radius 3 is 2.88 bits per heavy atom. The molecule has 1 heterocycles. The topological polar surface area (TPSA) is 63.4 Å². The van der Waals surface area contributed by atoms with Gasteiger partial charge in [-0.25, -0.2) is 0 Å². The summed E-state index contributed by atoms with van der Waals surface area (Å²) in [6.07, 6.45) is 1.13. The Morgan fingerprint density at radius 2 is 2.18 bits per heavy atom. The molecule has 90 valence electrons. The lowest BCUT2D eigenvalue weighted by atomic mass is 10.00. The van der Waals surface area contributed by atoms with Crippen LogP contribution in [0.3, 0.4) is 0 Å². The molecular formula is C12H13ClN2O2. The number of carbonyl (C=O) groups excluding carboxylic acids is 2. The average molecular weight is 253 g/mol. The van der Waals surface area contributed by atoms with Gasteiger partial charge < -0.3 is 5.73 Å². The minimum atomic E-state index is -0.254. The number of hydrogen-bond donors (Lipinski definition) is 1. The first-order chi connectivity index (χ1) is 8.13. The number of hydrogen-bond acceptors (Lipinski definition) is 3. The van der Waals surface area contributed by atoms with Crippen molar-refractivity contribution in [2.45, 2.75) is 19.3 Å². The van der Waals surface area contributed by atoms with E-state index >= 15 is 0 Å². The van der Waals surface area contributed by atoms with Crippen LogP contribution in [-0.4, -0.2) is 17.7 Å². The van der Waals surface area contributed by atoms with Crippen LogP contribution in [-0.2, 0) is 16.0 Å². The van der Waals surface area contributed by atoms with Gasteiger partial charge in [0, 0.05) is 24.4 Å². The summed E-state index contributed by atoms with van der Waals surface area (Å²) < 4.78 is 0. The van der Waals surface area contributed by atoms with Crippen LogP contribution in [0.5, 0.6) is 0 Å². The van der Waals surface area contributed by atoms with Gasteiger partial charge in [0.1, 0.15) is 0 Å². The Bertz CT molecular complexity index is 474. The molecule has 0 atom stereocenters. The predicted octanol–water partition coefficient (Wildman–Crippen LogP) is 1.70. The van der Waals surface area contributed by atoms with Crippen LogP contribution in [0.15, 0.2) is 18.2 Å². The molecule has 0 saturated heterocycles. The standard InChI is InChI=1S/C12H13ClN2O2/c13-6-5-12(17)15-10-3-2-9(14)7-8(10)1-4-11(15)16/h2-3,7H,1,4-6,14H2. The van der Waals surface area contributed by atoms with E-state index in [1.54, 1.807) is 12.1 Å². The number of benzene rings is 1. The molecule has 0 spiro atoms. The molecular weight excluding hydrogens is 240 g/mol. The van der Waals surface area contributed by atoms with Crippen molar-refractivity contribution < 1.29 is 9.59 Å². The van der Waals surface area contributed by atoms with Gasteiger partial charge in [0.25, 0.3) is 0 Å². The zero-order chi connectivity index (χ0) is 12.4. The average Bonchev–Trinajstić information content (AvgIpc) is 2.29. The molecule has 2 N–H and O–H groups in total. The van der Waals surface area contributed by atoms with Crippen LogP contribution in [0.2, 0.25) is 0 Å². The molecule has 0 saturated carbocycles. The van der Waals surface area contributed by atoms with Crippen molar-refractivity contribution in [3.63, 3.8) is 0 Å². The number of halogens is 1. The molecule has 0 aliphatic carbocycles. The third-order valence-electron chi connectivity index (χ3n) is 2.76. The number of amides is 2. The van der Waals surface area contributed by atoms with Crippen LogP contribution in [0.1, 0.15) is 18.4 Å². The highest BCUT2D eigenvalue weighted by molar-refractivity contribution is 6.22. The van der Waals surface area contributed by atoms with E-state index in [-0.39, 0.29) is 24.1 Å². The Hall–Kier alpha value is -1.55. The second-order valence-electron chi connectivity index (χ2n) is 3.95. The van der Waals surface area contributed by atoms with Crippen molar-refractivity contribution in [3.8, 4) is 0 Å². The molecule has 0 fully saturated rings. The lowest BCUT2D eigenvalue weighted by Crippen LogP contribution is -2.40. The van der Waals surface area contributed by atoms with Crippen LogP contribution >= 0.6 is 11.6 Å². The minimum absolute atomic E-state index is 0.164. The summed E-state index contributed by atoms with van der Waals surface area (Å²) in [5.41, 5.74) is 7.91. The first-order valence-corrected chi connectivity index (χ1v) is 5.97. The fraction of sp³-hybridized carbons (Fsp3) is 0.333. The van der Waals surface area contributed by atoms with Gasteiger partial charge in [-0.1, -0.05) is 0 Å². The van der Waals surface area contributed by atoms with Crippen LogP contribution in [0, 0.1) is 0 Å². The van der Waals surface area contributed by atoms with Gasteiger partial charge in [-0.05, 0) is 30.2 Å². The molecule has 0 aromatic heterocycles. The highest BCUT2D eigenvalue weighted by Gasteiger charge is 2.28. The molecule has 1 aromatic rings. The zero-order valence-electron chi connectivity index (χ0n) is 9.28. The van der Waals surface area contributed by atoms with Crippen molar-refractivity contribution in [3.05, 3.63) is 23.8 Å². The van der Waals surface area contributed by atoms with Gasteiger partial charge in [0.15, 0.2) is 0 Å². The molecule has 2 rings (SSSR count). The van der Waals surface area contributed by atoms with Gasteiger partial charge in [-0.2, -0.15) is 0 Å². The monoisotopic (exact) mass is 252 g/mol. The van der Waals surface area contributed by atoms with Crippen molar-refractivity contribution in [2.75, 3.05) is 16.5 Å². The lowest BCUT2D eigenvalue weighted by Gasteiger charge is -2.27. The van der Waals surface area contributed by atoms with E-state index < -0.39 is 0 Å². The Balaban J connectivity index is 2.40. The van der Waals surface area contributed by atoms with E-state index in [4.69, 9.17) is 17.3 Å². The summed E-state index contributed by atoms with van der Waals surface area (Å²) in [6, 6.07) is 5.22. The number of aryl methyl sites for hydroxylation is 1. The summed E-state index contributed by atoms with van der Waals surface area (Å²) in [5, 5.41) is 0. The largest absolute Gasteiger partial charge is 0.399 e. The first-order valence-electron chi connectivity index (χ1n) is 5.43. The summed E-state index contributed by atoms with van der Waals surface area (Å²) in [5.74, 6) is -0.208. The van der Waals surface area contributed by atoms with E-state index in [0.29, 0.717) is 24.2 Å². The third-order valence-corrected chi connectivity index (χ3v) is 2.95. The summed E-state index contributed by atoms with van der Waals surface area (Å²) in [6.45, 7) is 0. The molecule has 17 heavy (non-hydrogen) atoms. The Kier molecular flexibility index (Phi) is 3.33. The van der Waals surface area contributed by atoms with E-state index in [9.17, 15) is 9.59 Å². The lowest BCUT2D eigenvalue weighted by molar-refractivity contribution is -0.126. The normalized spacial score (nSPS) is 14.6. The SMILES string of the molecule is Nc1ccc2c(c1)CCC(=O)N2C(=O)CCCl. The second kappa shape index (κ2) is 4.75. The number of rotatable bonds is 2. The molecule has 1 aliphatic rings. The Labute approximate surface area is 104 Å². The maximum Gasteiger partial charge on any atom is 0.234 e. The number of anilines is 2. The molecule has 0 radical (unpaired) electrons. The maximum absolute atomic E-state index is 11.8. The van der Waals surface area contributed by atoms with Gasteiger partial charge in [-0.15, -0.1) is 11.6 Å². The molecule has 5 heteroatoms. The van der Waals surface area contributed by atoms with Crippen LogP contribution < -0.4 is 10.6 Å². The first kappa shape index (κ1) is 11.9. The van der Waals surface area contributed by atoms with Crippen molar-refractivity contribution in [2.24, 2.45) is 0 Å². The smallest absolute Gasteiger partial charge is 0.234 e. The van der Waals surface area contributed by atoms with E-state index in [1.165, 1.54) is 4.90 Å². The van der Waals surface area contributed by atoms with Gasteiger partial charge in [-0.3, -0.25) is 14.5 Å². The fourth-order valence-electron chi connectivity index (χ4n) is 1.98. The fourth-order valence-corrected chi connectivity index (χ4v) is 2.14. The molecule has 2 amide bonds. The molecule has 0 unspecified atom stereocenters. The van der Waals surface area contributed by atoms with Crippen LogP contribution in [0.4, 0.5) is 11.4 Å². The number of fused-ring (bicyclic) bond motifs is 1. The van der Waals surface area contributed by atoms with E-state index in [0.717, 1.165) is 5.56 Å². The van der Waals surface area contributed by atoms with Crippen molar-refractivity contribution in [1.29, 1.82) is 0 Å². The number of imide groups is 1. The number of nitrogens with zero attached hydrogens (tertiary/aromatic N) is 1. The number of carbonyl (C=O) groups is 2. The van der Waals surface area contributed by atoms with Gasteiger partial charge in [0.2, 0.25) is 11.8 Å². The van der Waals surface area contributed by atoms with E-state index in [2.05, 4.69) is 0 Å². The minimum Gasteiger partial charge on any atom is -0.399 e.